The average molecular weight is 238 g/mol. The summed E-state index contributed by atoms with van der Waals surface area (Å²) in [7, 11) is 1.94. The van der Waals surface area contributed by atoms with Crippen LogP contribution in [0.1, 0.15) is 11.4 Å². The maximum atomic E-state index is 11.4. The highest BCUT2D eigenvalue weighted by Crippen LogP contribution is 2.04. The van der Waals surface area contributed by atoms with Crippen LogP contribution in [-0.4, -0.2) is 29.5 Å². The second-order valence-corrected chi connectivity index (χ2v) is 3.78. The molecule has 0 bridgehead atoms. The van der Waals surface area contributed by atoms with E-state index < -0.39 is 0 Å². The lowest BCUT2D eigenvalue weighted by atomic mass is 10.4. The summed E-state index contributed by atoms with van der Waals surface area (Å²) in [5.74, 6) is -0.569. The molecule has 6 heteroatoms. The van der Waals surface area contributed by atoms with Gasteiger partial charge in [0.1, 0.15) is 0 Å². The van der Waals surface area contributed by atoms with Crippen molar-refractivity contribution in [2.75, 3.05) is 13.1 Å². The van der Waals surface area contributed by atoms with Crippen LogP contribution < -0.4 is 16.4 Å². The molecule has 0 aromatic carbocycles. The highest BCUT2D eigenvalue weighted by Gasteiger charge is 2.05. The van der Waals surface area contributed by atoms with Gasteiger partial charge in [0.15, 0.2) is 0 Å². The van der Waals surface area contributed by atoms with E-state index >= 15 is 0 Å². The monoisotopic (exact) mass is 238 g/mol. The first-order valence-electron chi connectivity index (χ1n) is 5.39. The largest absolute Gasteiger partial charge is 0.350 e. The lowest BCUT2D eigenvalue weighted by molar-refractivity contribution is -0.125. The minimum Gasteiger partial charge on any atom is -0.350 e. The standard InChI is InChI=1S/C11H18N4O2/c1-8-3-4-9(15(8)2)6-13-11(17)7-14-10(16)5-12/h3-4H,5-7,12H2,1-2H3,(H,13,17)(H,14,16). The number of carbonyl (C=O) groups excluding carboxylic acids is 2. The Bertz CT molecular complexity index is 412. The number of rotatable bonds is 5. The van der Waals surface area contributed by atoms with Gasteiger partial charge < -0.3 is 20.9 Å². The second kappa shape index (κ2) is 6.05. The molecule has 0 aliphatic heterocycles. The van der Waals surface area contributed by atoms with E-state index in [0.29, 0.717) is 6.54 Å². The molecule has 94 valence electrons. The van der Waals surface area contributed by atoms with Gasteiger partial charge >= 0.3 is 0 Å². The fourth-order valence-corrected chi connectivity index (χ4v) is 1.35. The smallest absolute Gasteiger partial charge is 0.239 e. The predicted molar refractivity (Wildman–Crippen MR) is 64.1 cm³/mol. The van der Waals surface area contributed by atoms with Crippen LogP contribution in [0.5, 0.6) is 0 Å². The molecule has 0 saturated carbocycles. The van der Waals surface area contributed by atoms with E-state index in [9.17, 15) is 9.59 Å². The van der Waals surface area contributed by atoms with E-state index in [0.717, 1.165) is 11.4 Å². The number of aryl methyl sites for hydroxylation is 1. The van der Waals surface area contributed by atoms with Crippen LogP contribution in [-0.2, 0) is 23.2 Å². The van der Waals surface area contributed by atoms with Crippen molar-refractivity contribution in [2.45, 2.75) is 13.5 Å². The summed E-state index contributed by atoms with van der Waals surface area (Å²) in [6, 6.07) is 3.94. The predicted octanol–water partition coefficient (Wildman–Crippen LogP) is -0.975. The Morgan fingerprint density at radius 3 is 2.53 bits per heavy atom. The van der Waals surface area contributed by atoms with E-state index in [1.54, 1.807) is 0 Å². The lowest BCUT2D eigenvalue weighted by Crippen LogP contribution is -2.39. The van der Waals surface area contributed by atoms with Crippen molar-refractivity contribution < 1.29 is 9.59 Å². The molecular formula is C11H18N4O2. The number of nitrogens with two attached hydrogens (primary N) is 1. The van der Waals surface area contributed by atoms with Crippen molar-refractivity contribution in [1.82, 2.24) is 15.2 Å². The van der Waals surface area contributed by atoms with Crippen molar-refractivity contribution in [3.8, 4) is 0 Å². The third kappa shape index (κ3) is 3.92. The van der Waals surface area contributed by atoms with Gasteiger partial charge in [0.05, 0.1) is 19.6 Å². The molecule has 1 heterocycles. The minimum atomic E-state index is -0.338. The molecule has 1 aromatic heterocycles. The van der Waals surface area contributed by atoms with Crippen molar-refractivity contribution >= 4 is 11.8 Å². The fourth-order valence-electron chi connectivity index (χ4n) is 1.35. The zero-order valence-electron chi connectivity index (χ0n) is 10.1. The molecule has 1 aromatic rings. The van der Waals surface area contributed by atoms with Crippen LogP contribution in [0, 0.1) is 6.92 Å². The number of nitrogens with one attached hydrogen (secondary N) is 2. The first-order valence-corrected chi connectivity index (χ1v) is 5.39. The van der Waals surface area contributed by atoms with Crippen molar-refractivity contribution in [2.24, 2.45) is 12.8 Å². The van der Waals surface area contributed by atoms with E-state index in [1.807, 2.05) is 30.7 Å². The Morgan fingerprint density at radius 1 is 1.29 bits per heavy atom. The van der Waals surface area contributed by atoms with Crippen molar-refractivity contribution in [3.05, 3.63) is 23.5 Å². The third-order valence-electron chi connectivity index (χ3n) is 2.57. The molecule has 2 amide bonds. The number of carbonyl (C=O) groups is 2. The van der Waals surface area contributed by atoms with Crippen LogP contribution in [0.2, 0.25) is 0 Å². The highest BCUT2D eigenvalue weighted by molar-refractivity contribution is 5.85. The molecule has 0 radical (unpaired) electrons. The van der Waals surface area contributed by atoms with Gasteiger partial charge in [-0.2, -0.15) is 0 Å². The van der Waals surface area contributed by atoms with Gasteiger partial charge in [-0.3, -0.25) is 9.59 Å². The number of hydrogen-bond acceptors (Lipinski definition) is 3. The quantitative estimate of drug-likeness (QED) is 0.616. The van der Waals surface area contributed by atoms with Crippen LogP contribution >= 0.6 is 0 Å². The van der Waals surface area contributed by atoms with Crippen LogP contribution in [0.25, 0.3) is 0 Å². The number of hydrogen-bond donors (Lipinski definition) is 3. The molecule has 0 atom stereocenters. The first kappa shape index (κ1) is 13.2. The Morgan fingerprint density at radius 2 is 2.00 bits per heavy atom. The van der Waals surface area contributed by atoms with Gasteiger partial charge in [-0.25, -0.2) is 0 Å². The molecule has 1 rings (SSSR count). The van der Waals surface area contributed by atoms with Gasteiger partial charge in [0, 0.05) is 18.4 Å². The van der Waals surface area contributed by atoms with Crippen LogP contribution in [0.4, 0.5) is 0 Å². The highest BCUT2D eigenvalue weighted by atomic mass is 16.2. The normalized spacial score (nSPS) is 10.1. The fraction of sp³-hybridized carbons (Fsp3) is 0.455. The van der Waals surface area contributed by atoms with Crippen LogP contribution in [0.15, 0.2) is 12.1 Å². The molecule has 6 nitrogen and oxygen atoms in total. The number of amides is 2. The molecule has 0 unspecified atom stereocenters. The molecule has 4 N–H and O–H groups in total. The summed E-state index contributed by atoms with van der Waals surface area (Å²) in [4.78, 5) is 22.2. The zero-order valence-corrected chi connectivity index (χ0v) is 10.1. The van der Waals surface area contributed by atoms with Crippen molar-refractivity contribution in [3.63, 3.8) is 0 Å². The average Bonchev–Trinajstić information content (AvgIpc) is 2.64. The molecule has 17 heavy (non-hydrogen) atoms. The van der Waals surface area contributed by atoms with Gasteiger partial charge in [-0.1, -0.05) is 0 Å². The summed E-state index contributed by atoms with van der Waals surface area (Å²) >= 11 is 0. The first-order chi connectivity index (χ1) is 8.04. The van der Waals surface area contributed by atoms with Gasteiger partial charge in [0.2, 0.25) is 11.8 Å². The van der Waals surface area contributed by atoms with Crippen molar-refractivity contribution in [1.29, 1.82) is 0 Å². The molecule has 0 saturated heterocycles. The van der Waals surface area contributed by atoms with E-state index in [-0.39, 0.29) is 24.9 Å². The Labute approximate surface area is 100 Å². The summed E-state index contributed by atoms with van der Waals surface area (Å²) in [6.45, 7) is 2.29. The lowest BCUT2D eigenvalue weighted by Gasteiger charge is -2.08. The molecule has 0 fully saturated rings. The maximum absolute atomic E-state index is 11.4. The third-order valence-corrected chi connectivity index (χ3v) is 2.57. The SMILES string of the molecule is Cc1ccc(CNC(=O)CNC(=O)CN)n1C. The summed E-state index contributed by atoms with van der Waals surface area (Å²) in [5, 5.41) is 5.12. The summed E-state index contributed by atoms with van der Waals surface area (Å²) in [5.41, 5.74) is 7.24. The minimum absolute atomic E-state index is 0.0422. The zero-order chi connectivity index (χ0) is 12.8. The Balaban J connectivity index is 2.33. The Kier molecular flexibility index (Phi) is 4.71. The van der Waals surface area contributed by atoms with Gasteiger partial charge in [0.25, 0.3) is 0 Å². The number of nitrogens with zero attached hydrogens (tertiary/aromatic N) is 1. The molecular weight excluding hydrogens is 220 g/mol. The van der Waals surface area contributed by atoms with Crippen LogP contribution in [0.3, 0.4) is 0 Å². The Hall–Kier alpha value is -1.82. The molecule has 0 aliphatic carbocycles. The van der Waals surface area contributed by atoms with Gasteiger partial charge in [-0.05, 0) is 19.1 Å². The summed E-state index contributed by atoms with van der Waals surface area (Å²) in [6.07, 6.45) is 0. The van der Waals surface area contributed by atoms with Gasteiger partial charge in [-0.15, -0.1) is 0 Å². The summed E-state index contributed by atoms with van der Waals surface area (Å²) < 4.78 is 2.00. The van der Waals surface area contributed by atoms with E-state index in [2.05, 4.69) is 10.6 Å². The molecule has 0 spiro atoms. The maximum Gasteiger partial charge on any atom is 0.239 e. The molecule has 0 aliphatic rings. The topological polar surface area (TPSA) is 89.2 Å². The van der Waals surface area contributed by atoms with E-state index in [1.165, 1.54) is 0 Å². The van der Waals surface area contributed by atoms with E-state index in [4.69, 9.17) is 5.73 Å². The number of aromatic nitrogens is 1. The second-order valence-electron chi connectivity index (χ2n) is 3.78.